The molecule has 1 aliphatic rings. The average Bonchev–Trinajstić information content (AvgIpc) is 3.04. The lowest BCUT2D eigenvalue weighted by atomic mass is 10.1. The summed E-state index contributed by atoms with van der Waals surface area (Å²) in [6, 6.07) is 0.596. The molecular weight excluding hydrogens is 573 g/mol. The monoisotopic (exact) mass is 630 g/mol. The predicted octanol–water partition coefficient (Wildman–Crippen LogP) is 5.97. The third kappa shape index (κ3) is 11.3. The molecule has 1 aliphatic carbocycles. The molecule has 9 nitrogen and oxygen atoms in total. The Morgan fingerprint density at radius 2 is 1.03 bits per heavy atom. The van der Waals surface area contributed by atoms with Crippen molar-refractivity contribution in [1.82, 2.24) is 0 Å². The van der Waals surface area contributed by atoms with Crippen LogP contribution in [0.25, 0.3) is 0 Å². The Morgan fingerprint density at radius 3 is 1.41 bits per heavy atom. The van der Waals surface area contributed by atoms with Crippen LogP contribution in [0.1, 0.15) is 99.3 Å². The van der Waals surface area contributed by atoms with Crippen molar-refractivity contribution in [2.75, 3.05) is 58.7 Å². The maximum absolute atomic E-state index is 7.36. The third-order valence-corrected chi connectivity index (χ3v) is 16.9. The molecule has 13 heteroatoms. The van der Waals surface area contributed by atoms with Crippen LogP contribution in [0.5, 0.6) is 0 Å². The molecule has 1 rings (SSSR count). The van der Waals surface area contributed by atoms with Gasteiger partial charge in [-0.05, 0) is 66.6 Å². The second kappa shape index (κ2) is 20.5. The van der Waals surface area contributed by atoms with Crippen LogP contribution in [0.15, 0.2) is 0 Å². The van der Waals surface area contributed by atoms with Crippen molar-refractivity contribution in [2.45, 2.75) is 111 Å². The van der Waals surface area contributed by atoms with Gasteiger partial charge in [0, 0.05) is 52.8 Å². The van der Waals surface area contributed by atoms with Crippen LogP contribution >= 0.6 is 12.6 Å². The van der Waals surface area contributed by atoms with Crippen LogP contribution in [-0.4, -0.2) is 90.4 Å². The smallest absolute Gasteiger partial charge is 0.377 e. The van der Waals surface area contributed by atoms with Gasteiger partial charge in [0.25, 0.3) is 0 Å². The first-order valence-corrected chi connectivity index (χ1v) is 21.4. The molecule has 1 saturated carbocycles. The third-order valence-electron chi connectivity index (χ3n) is 6.84. The normalized spacial score (nSPS) is 18.8. The van der Waals surface area contributed by atoms with E-state index in [9.17, 15) is 0 Å². The van der Waals surface area contributed by atoms with Crippen molar-refractivity contribution in [3.8, 4) is 0 Å². The molecule has 0 radical (unpaired) electrons. The molecule has 234 valence electrons. The Balaban J connectivity index is 3.65. The maximum atomic E-state index is 7.36. The molecule has 0 aromatic carbocycles. The fourth-order valence-corrected chi connectivity index (χ4v) is 15.4. The summed E-state index contributed by atoms with van der Waals surface area (Å²) in [6.07, 6.45) is 9.17. The zero-order chi connectivity index (χ0) is 29.1. The first-order chi connectivity index (χ1) is 18.9. The zero-order valence-electron chi connectivity index (χ0n) is 25.8. The minimum Gasteiger partial charge on any atom is -0.377 e. The van der Waals surface area contributed by atoms with Gasteiger partial charge in [-0.2, -0.15) is 12.6 Å². The van der Waals surface area contributed by atoms with Crippen molar-refractivity contribution in [1.29, 1.82) is 0 Å². The van der Waals surface area contributed by atoms with Crippen LogP contribution in [0, 0.1) is 0 Å². The van der Waals surface area contributed by atoms with Gasteiger partial charge in [-0.1, -0.05) is 38.5 Å². The van der Waals surface area contributed by atoms with E-state index in [0.717, 1.165) is 44.9 Å². The molecule has 39 heavy (non-hydrogen) atoms. The Hall–Kier alpha value is 0.641. The van der Waals surface area contributed by atoms with Gasteiger partial charge in [-0.25, -0.2) is 0 Å². The summed E-state index contributed by atoms with van der Waals surface area (Å²) in [6.45, 7) is 14.6. The van der Waals surface area contributed by atoms with Gasteiger partial charge in [0.05, 0.1) is 0 Å². The van der Waals surface area contributed by atoms with Gasteiger partial charge in [-0.3, -0.25) is 0 Å². The van der Waals surface area contributed by atoms with E-state index in [1.54, 1.807) is 7.11 Å². The second-order valence-corrected chi connectivity index (χ2v) is 18.2. The van der Waals surface area contributed by atoms with Crippen LogP contribution < -0.4 is 0 Å². The maximum Gasteiger partial charge on any atom is 0.533 e. The Morgan fingerprint density at radius 1 is 0.590 bits per heavy atom. The fraction of sp³-hybridized carbons (Fsp3) is 1.00. The van der Waals surface area contributed by atoms with Crippen LogP contribution in [0.3, 0.4) is 0 Å². The molecule has 1 unspecified atom stereocenters. The summed E-state index contributed by atoms with van der Waals surface area (Å²) in [4.78, 5) is 0. The van der Waals surface area contributed by atoms with Crippen LogP contribution in [-0.2, 0) is 39.8 Å². The van der Waals surface area contributed by atoms with Crippen molar-refractivity contribution in [3.05, 3.63) is 0 Å². The van der Waals surface area contributed by atoms with Gasteiger partial charge >= 0.3 is 26.4 Å². The molecule has 0 bridgehead atoms. The van der Waals surface area contributed by atoms with E-state index in [0.29, 0.717) is 51.4 Å². The highest BCUT2D eigenvalue weighted by Gasteiger charge is 2.66. The first kappa shape index (κ1) is 37.7. The fourth-order valence-electron chi connectivity index (χ4n) is 5.27. The number of hydrogen-bond donors (Lipinski definition) is 1. The van der Waals surface area contributed by atoms with E-state index in [-0.39, 0.29) is 6.23 Å². The minimum absolute atomic E-state index is 0.150. The molecular formula is C26H58O9SSi3. The van der Waals surface area contributed by atoms with E-state index in [4.69, 9.17) is 39.8 Å². The van der Waals surface area contributed by atoms with Gasteiger partial charge < -0.3 is 39.8 Å². The lowest BCUT2D eigenvalue weighted by molar-refractivity contribution is -0.0650. The van der Waals surface area contributed by atoms with E-state index < -0.39 is 31.6 Å². The number of rotatable bonds is 22. The van der Waals surface area contributed by atoms with E-state index >= 15 is 0 Å². The topological polar surface area (TPSA) is 83.1 Å². The minimum atomic E-state index is -3.36. The standard InChI is InChI=1S/C26H58O9SSi3/c1-8-28-38(29-9-2,30-10-3)25-34-37(27-7,24-20-23-36)35-26(21-18-16-14-15-17-19-22-26)39(31-11-4,32-12-5)33-13-6/h36H,8-25H2,1-7H3. The highest BCUT2D eigenvalue weighted by atomic mass is 32.1. The number of hydrogen-bond acceptors (Lipinski definition) is 10. The van der Waals surface area contributed by atoms with Gasteiger partial charge in [0.15, 0.2) is 0 Å². The number of thiol groups is 1. The molecule has 0 aromatic heterocycles. The Bertz CT molecular complexity index is 579. The van der Waals surface area contributed by atoms with Gasteiger partial charge in [0.1, 0.15) is 11.5 Å². The average molecular weight is 631 g/mol. The molecule has 0 heterocycles. The summed E-state index contributed by atoms with van der Waals surface area (Å²) in [5.74, 6) is 0.688. The Labute approximate surface area is 247 Å². The molecule has 1 fully saturated rings. The van der Waals surface area contributed by atoms with Crippen LogP contribution in [0.4, 0.5) is 0 Å². The van der Waals surface area contributed by atoms with Crippen molar-refractivity contribution < 1.29 is 39.8 Å². The summed E-state index contributed by atoms with van der Waals surface area (Å²) in [7, 11) is -8.15. The zero-order valence-corrected chi connectivity index (χ0v) is 29.7. The highest BCUT2D eigenvalue weighted by Crippen LogP contribution is 2.42. The van der Waals surface area contributed by atoms with E-state index in [1.807, 2.05) is 41.5 Å². The van der Waals surface area contributed by atoms with E-state index in [2.05, 4.69) is 12.6 Å². The molecule has 0 N–H and O–H groups in total. The molecule has 0 aliphatic heterocycles. The molecule has 0 aromatic rings. The lowest BCUT2D eigenvalue weighted by Gasteiger charge is -2.48. The van der Waals surface area contributed by atoms with Crippen LogP contribution in [0.2, 0.25) is 6.04 Å². The van der Waals surface area contributed by atoms with E-state index in [1.165, 1.54) is 12.8 Å². The second-order valence-electron chi connectivity index (χ2n) is 9.56. The largest absolute Gasteiger partial charge is 0.533 e. The predicted molar refractivity (Wildman–Crippen MR) is 164 cm³/mol. The molecule has 0 amide bonds. The summed E-state index contributed by atoms with van der Waals surface area (Å²) in [5.41, 5.74) is 0. The Kier molecular flexibility index (Phi) is 19.8. The van der Waals surface area contributed by atoms with Crippen molar-refractivity contribution in [2.24, 2.45) is 0 Å². The highest BCUT2D eigenvalue weighted by molar-refractivity contribution is 7.80. The summed E-state index contributed by atoms with van der Waals surface area (Å²) >= 11 is 4.51. The van der Waals surface area contributed by atoms with Gasteiger partial charge in [-0.15, -0.1) is 0 Å². The SMILES string of the molecule is CCO[Si](CO[Si](CCCS)(OC)OC1([Si](OCC)(OCC)OCC)CCCCCCCC1)(OCC)OCC. The van der Waals surface area contributed by atoms with Crippen molar-refractivity contribution >= 4 is 39.0 Å². The summed E-state index contributed by atoms with van der Waals surface area (Å²) < 4.78 is 58.4. The molecule has 0 saturated heterocycles. The van der Waals surface area contributed by atoms with Gasteiger partial charge in [0.2, 0.25) is 0 Å². The molecule has 0 spiro atoms. The molecule has 1 atom stereocenters. The quantitative estimate of drug-likeness (QED) is 0.115. The first-order valence-electron chi connectivity index (χ1n) is 15.2. The van der Waals surface area contributed by atoms with Crippen molar-refractivity contribution in [3.63, 3.8) is 0 Å². The lowest BCUT2D eigenvalue weighted by Crippen LogP contribution is -2.70. The summed E-state index contributed by atoms with van der Waals surface area (Å²) in [5, 5.41) is -0.786.